The zero-order chi connectivity index (χ0) is 10.0. The van der Waals surface area contributed by atoms with E-state index in [4.69, 9.17) is 15.3 Å². The number of rotatable bonds is 3. The predicted molar refractivity (Wildman–Crippen MR) is 38.3 cm³/mol. The van der Waals surface area contributed by atoms with E-state index in [1.54, 1.807) is 0 Å². The summed E-state index contributed by atoms with van der Waals surface area (Å²) < 4.78 is 4.54. The molecule has 3 N–H and O–H groups in total. The Kier molecular flexibility index (Phi) is 2.34. The van der Waals surface area contributed by atoms with Crippen LogP contribution in [0.4, 0.5) is 0 Å². The van der Waals surface area contributed by atoms with Crippen LogP contribution in [0, 0.1) is 0 Å². The second-order valence-electron chi connectivity index (χ2n) is 2.25. The van der Waals surface area contributed by atoms with Crippen LogP contribution < -0.4 is 0 Å². The van der Waals surface area contributed by atoms with Gasteiger partial charge in [-0.2, -0.15) is 0 Å². The van der Waals surface area contributed by atoms with Crippen LogP contribution in [0.25, 0.3) is 0 Å². The van der Waals surface area contributed by atoms with Crippen molar-refractivity contribution in [2.45, 2.75) is 6.10 Å². The summed E-state index contributed by atoms with van der Waals surface area (Å²) in [5.41, 5.74) is 0. The highest BCUT2D eigenvalue weighted by Gasteiger charge is 2.21. The lowest BCUT2D eigenvalue weighted by Crippen LogP contribution is -2.09. The van der Waals surface area contributed by atoms with E-state index in [2.05, 4.69) is 4.42 Å². The molecule has 0 spiro atoms. The van der Waals surface area contributed by atoms with Crippen molar-refractivity contribution in [3.63, 3.8) is 0 Å². The number of furan rings is 1. The molecule has 1 atom stereocenters. The summed E-state index contributed by atoms with van der Waals surface area (Å²) in [5, 5.41) is 25.6. The van der Waals surface area contributed by atoms with E-state index in [9.17, 15) is 9.59 Å². The van der Waals surface area contributed by atoms with Crippen LogP contribution >= 0.6 is 0 Å². The van der Waals surface area contributed by atoms with Crippen LogP contribution in [0.2, 0.25) is 0 Å². The highest BCUT2D eigenvalue weighted by atomic mass is 16.4. The number of hydrogen-bond acceptors (Lipinski definition) is 4. The molecular weight excluding hydrogens is 180 g/mol. The van der Waals surface area contributed by atoms with Crippen LogP contribution in [0.15, 0.2) is 16.5 Å². The number of carboxylic acid groups (broad SMARTS) is 2. The van der Waals surface area contributed by atoms with E-state index in [-0.39, 0.29) is 5.76 Å². The smallest absolute Gasteiger partial charge is 0.371 e. The summed E-state index contributed by atoms with van der Waals surface area (Å²) in [6.07, 6.45) is -1.83. The first-order valence-corrected chi connectivity index (χ1v) is 3.26. The molecule has 0 saturated heterocycles. The van der Waals surface area contributed by atoms with Crippen LogP contribution in [0.1, 0.15) is 22.4 Å². The molecule has 0 fully saturated rings. The third-order valence-corrected chi connectivity index (χ3v) is 1.34. The van der Waals surface area contributed by atoms with Crippen LogP contribution in [0.3, 0.4) is 0 Å². The van der Waals surface area contributed by atoms with Crippen molar-refractivity contribution in [1.82, 2.24) is 0 Å². The molecule has 0 radical (unpaired) electrons. The molecular formula is C7H6O6. The van der Waals surface area contributed by atoms with Crippen LogP contribution in [-0.4, -0.2) is 27.3 Å². The van der Waals surface area contributed by atoms with Crippen LogP contribution in [-0.2, 0) is 4.79 Å². The fourth-order valence-corrected chi connectivity index (χ4v) is 0.736. The minimum atomic E-state index is -1.83. The van der Waals surface area contributed by atoms with Gasteiger partial charge in [0.1, 0.15) is 5.76 Å². The summed E-state index contributed by atoms with van der Waals surface area (Å²) in [7, 11) is 0. The van der Waals surface area contributed by atoms with Crippen molar-refractivity contribution in [2.24, 2.45) is 0 Å². The molecule has 1 rings (SSSR count). The molecule has 1 heterocycles. The second kappa shape index (κ2) is 3.28. The summed E-state index contributed by atoms with van der Waals surface area (Å²) >= 11 is 0. The number of aliphatic hydroxyl groups excluding tert-OH is 1. The Morgan fingerprint density at radius 3 is 2.31 bits per heavy atom. The van der Waals surface area contributed by atoms with Gasteiger partial charge in [0.2, 0.25) is 11.9 Å². The van der Waals surface area contributed by atoms with Gasteiger partial charge in [0, 0.05) is 0 Å². The number of carbonyl (C=O) groups is 2. The largest absolute Gasteiger partial charge is 0.479 e. The summed E-state index contributed by atoms with van der Waals surface area (Å²) in [6.45, 7) is 0. The standard InChI is InChI=1S/C7H6O6/c8-5(7(11)12)3-1-2-4(13-3)6(9)10/h1-2,5,8H,(H,9,10)(H,11,12)/t5-/m1/s1. The zero-order valence-electron chi connectivity index (χ0n) is 6.30. The lowest BCUT2D eigenvalue weighted by molar-refractivity contribution is -0.147. The molecule has 0 unspecified atom stereocenters. The topological polar surface area (TPSA) is 108 Å². The van der Waals surface area contributed by atoms with Gasteiger partial charge in [-0.25, -0.2) is 9.59 Å². The number of aliphatic hydroxyl groups is 1. The normalized spacial score (nSPS) is 12.4. The number of hydrogen-bond donors (Lipinski definition) is 3. The molecule has 1 aromatic heterocycles. The van der Waals surface area contributed by atoms with Gasteiger partial charge in [-0.1, -0.05) is 0 Å². The Morgan fingerprint density at radius 2 is 1.92 bits per heavy atom. The first kappa shape index (κ1) is 9.27. The van der Waals surface area contributed by atoms with E-state index in [0.29, 0.717) is 0 Å². The maximum absolute atomic E-state index is 10.3. The molecule has 0 aliphatic carbocycles. The van der Waals surface area contributed by atoms with E-state index < -0.39 is 23.8 Å². The molecule has 1 aromatic rings. The Hall–Kier alpha value is -1.82. The Bertz CT molecular complexity index is 339. The first-order valence-electron chi connectivity index (χ1n) is 3.26. The van der Waals surface area contributed by atoms with Crippen molar-refractivity contribution >= 4 is 11.9 Å². The first-order chi connectivity index (χ1) is 6.02. The average molecular weight is 186 g/mol. The Labute approximate surface area is 72.0 Å². The molecule has 6 nitrogen and oxygen atoms in total. The Balaban J connectivity index is 2.91. The molecule has 0 aromatic carbocycles. The quantitative estimate of drug-likeness (QED) is 0.617. The van der Waals surface area contributed by atoms with Gasteiger partial charge in [0.15, 0.2) is 0 Å². The molecule has 0 aliphatic heterocycles. The van der Waals surface area contributed by atoms with Crippen molar-refractivity contribution in [1.29, 1.82) is 0 Å². The van der Waals surface area contributed by atoms with E-state index in [1.165, 1.54) is 0 Å². The van der Waals surface area contributed by atoms with Gasteiger partial charge in [-0.05, 0) is 12.1 Å². The highest BCUT2D eigenvalue weighted by molar-refractivity contribution is 5.84. The maximum atomic E-state index is 10.3. The van der Waals surface area contributed by atoms with Crippen molar-refractivity contribution in [3.8, 4) is 0 Å². The second-order valence-corrected chi connectivity index (χ2v) is 2.25. The van der Waals surface area contributed by atoms with E-state index in [1.807, 2.05) is 0 Å². The van der Waals surface area contributed by atoms with Gasteiger partial charge in [0.05, 0.1) is 0 Å². The summed E-state index contributed by atoms with van der Waals surface area (Å²) in [6, 6.07) is 2.17. The average Bonchev–Trinajstić information content (AvgIpc) is 2.50. The van der Waals surface area contributed by atoms with Crippen LogP contribution in [0.5, 0.6) is 0 Å². The SMILES string of the molecule is O=C(O)c1ccc([C@@H](O)C(=O)O)o1. The van der Waals surface area contributed by atoms with Gasteiger partial charge in [-0.3, -0.25) is 0 Å². The summed E-state index contributed by atoms with van der Waals surface area (Å²) in [4.78, 5) is 20.5. The minimum absolute atomic E-state index is 0.301. The van der Waals surface area contributed by atoms with E-state index in [0.717, 1.165) is 12.1 Å². The molecule has 0 amide bonds. The maximum Gasteiger partial charge on any atom is 0.371 e. The fraction of sp³-hybridized carbons (Fsp3) is 0.143. The van der Waals surface area contributed by atoms with Crippen molar-refractivity contribution in [2.75, 3.05) is 0 Å². The lowest BCUT2D eigenvalue weighted by atomic mass is 10.3. The fourth-order valence-electron chi connectivity index (χ4n) is 0.736. The molecule has 0 aliphatic rings. The predicted octanol–water partition coefficient (Wildman–Crippen LogP) is 0.0958. The van der Waals surface area contributed by atoms with Crippen molar-refractivity contribution in [3.05, 3.63) is 23.7 Å². The third kappa shape index (κ3) is 1.85. The molecule has 6 heteroatoms. The van der Waals surface area contributed by atoms with Gasteiger partial charge in [0.25, 0.3) is 0 Å². The molecule has 13 heavy (non-hydrogen) atoms. The minimum Gasteiger partial charge on any atom is -0.479 e. The van der Waals surface area contributed by atoms with Gasteiger partial charge < -0.3 is 19.7 Å². The lowest BCUT2D eigenvalue weighted by Gasteiger charge is -1.99. The van der Waals surface area contributed by atoms with E-state index >= 15 is 0 Å². The number of aromatic carboxylic acids is 1. The Morgan fingerprint density at radius 1 is 1.31 bits per heavy atom. The van der Waals surface area contributed by atoms with Crippen molar-refractivity contribution < 1.29 is 29.3 Å². The monoisotopic (exact) mass is 186 g/mol. The molecule has 70 valence electrons. The number of aliphatic carboxylic acids is 1. The summed E-state index contributed by atoms with van der Waals surface area (Å²) in [5.74, 6) is -3.52. The van der Waals surface area contributed by atoms with Gasteiger partial charge >= 0.3 is 11.9 Å². The third-order valence-electron chi connectivity index (χ3n) is 1.34. The van der Waals surface area contributed by atoms with Gasteiger partial charge in [-0.15, -0.1) is 0 Å². The number of carboxylic acids is 2. The molecule has 0 saturated carbocycles. The highest BCUT2D eigenvalue weighted by Crippen LogP contribution is 2.16. The zero-order valence-corrected chi connectivity index (χ0v) is 6.30. The molecule has 0 bridgehead atoms.